The van der Waals surface area contributed by atoms with Gasteiger partial charge in [-0.15, -0.1) is 0 Å². The van der Waals surface area contributed by atoms with Crippen molar-refractivity contribution < 1.29 is 24.2 Å². The maximum atomic E-state index is 12.5. The van der Waals surface area contributed by atoms with Gasteiger partial charge in [0.2, 0.25) is 5.91 Å². The number of ether oxygens (including phenoxy) is 1. The summed E-state index contributed by atoms with van der Waals surface area (Å²) in [4.78, 5) is 38.0. The van der Waals surface area contributed by atoms with Crippen LogP contribution in [-0.2, 0) is 14.3 Å². The van der Waals surface area contributed by atoms with Crippen molar-refractivity contribution in [2.45, 2.75) is 25.3 Å². The number of urea groups is 1. The Bertz CT molecular complexity index is 388. The zero-order chi connectivity index (χ0) is 15.8. The van der Waals surface area contributed by atoms with Gasteiger partial charge < -0.3 is 25.0 Å². The van der Waals surface area contributed by atoms with Crippen LogP contribution in [0.4, 0.5) is 4.79 Å². The number of piperidine rings is 1. The van der Waals surface area contributed by atoms with E-state index in [9.17, 15) is 14.4 Å². The normalized spacial score (nSPS) is 18.2. The number of nitrogens with zero attached hydrogens (tertiary/aromatic N) is 2. The van der Waals surface area contributed by atoms with Crippen LogP contribution >= 0.6 is 0 Å². The number of rotatable bonds is 6. The molecule has 21 heavy (non-hydrogen) atoms. The van der Waals surface area contributed by atoms with Crippen LogP contribution in [0.25, 0.3) is 0 Å². The second-order valence-electron chi connectivity index (χ2n) is 4.91. The quantitative estimate of drug-likeness (QED) is 0.704. The predicted molar refractivity (Wildman–Crippen MR) is 74.9 cm³/mol. The second-order valence-corrected chi connectivity index (χ2v) is 4.91. The lowest BCUT2D eigenvalue weighted by Crippen LogP contribution is -2.56. The average Bonchev–Trinajstić information content (AvgIpc) is 2.49. The fourth-order valence-electron chi connectivity index (χ4n) is 2.39. The van der Waals surface area contributed by atoms with Gasteiger partial charge in [0.25, 0.3) is 0 Å². The Kier molecular flexibility index (Phi) is 6.93. The van der Waals surface area contributed by atoms with E-state index in [0.717, 1.165) is 12.8 Å². The Morgan fingerprint density at radius 3 is 2.67 bits per heavy atom. The molecule has 0 aliphatic carbocycles. The van der Waals surface area contributed by atoms with Crippen molar-refractivity contribution in [3.63, 3.8) is 0 Å². The first-order valence-electron chi connectivity index (χ1n) is 6.99. The molecule has 120 valence electrons. The van der Waals surface area contributed by atoms with Crippen LogP contribution in [0, 0.1) is 0 Å². The van der Waals surface area contributed by atoms with Crippen molar-refractivity contribution in [3.8, 4) is 0 Å². The number of hydrogen-bond donors (Lipinski definition) is 2. The SMILES string of the molecule is CNC(=O)C1CCCCN1C(=O)N(CCOC)CC(=O)O. The molecule has 1 heterocycles. The lowest BCUT2D eigenvalue weighted by atomic mass is 10.0. The number of likely N-dealkylation sites (tertiary alicyclic amines) is 1. The Hall–Kier alpha value is -1.83. The highest BCUT2D eigenvalue weighted by molar-refractivity contribution is 5.88. The Labute approximate surface area is 124 Å². The van der Waals surface area contributed by atoms with Gasteiger partial charge in [-0.3, -0.25) is 9.59 Å². The summed E-state index contributed by atoms with van der Waals surface area (Å²) in [6.07, 6.45) is 2.28. The summed E-state index contributed by atoms with van der Waals surface area (Å²) in [6, 6.07) is -0.960. The van der Waals surface area contributed by atoms with Crippen molar-refractivity contribution in [1.82, 2.24) is 15.1 Å². The van der Waals surface area contributed by atoms with Crippen molar-refractivity contribution in [2.24, 2.45) is 0 Å². The monoisotopic (exact) mass is 301 g/mol. The number of carbonyl (C=O) groups excluding carboxylic acids is 2. The standard InChI is InChI=1S/C13H23N3O5/c1-14-12(19)10-5-3-4-6-16(10)13(20)15(7-8-21-2)9-11(17)18/h10H,3-9H2,1-2H3,(H,14,19)(H,17,18). The van der Waals surface area contributed by atoms with Gasteiger partial charge in [-0.25, -0.2) is 4.79 Å². The van der Waals surface area contributed by atoms with Crippen molar-refractivity contribution in [3.05, 3.63) is 0 Å². The first-order chi connectivity index (χ1) is 10.0. The number of amides is 3. The molecule has 0 aromatic carbocycles. The molecule has 8 nitrogen and oxygen atoms in total. The van der Waals surface area contributed by atoms with E-state index in [0.29, 0.717) is 13.0 Å². The first kappa shape index (κ1) is 17.2. The number of methoxy groups -OCH3 is 1. The van der Waals surface area contributed by atoms with E-state index in [1.165, 1.54) is 24.0 Å². The minimum atomic E-state index is -1.09. The van der Waals surface area contributed by atoms with Crippen molar-refractivity contribution in [2.75, 3.05) is 40.4 Å². The van der Waals surface area contributed by atoms with Crippen LogP contribution in [0.2, 0.25) is 0 Å². The number of carbonyl (C=O) groups is 3. The molecule has 0 aromatic rings. The third-order valence-corrected chi connectivity index (χ3v) is 3.46. The topological polar surface area (TPSA) is 99.2 Å². The molecule has 1 aliphatic heterocycles. The summed E-state index contributed by atoms with van der Waals surface area (Å²) in [5.41, 5.74) is 0. The Morgan fingerprint density at radius 1 is 1.38 bits per heavy atom. The van der Waals surface area contributed by atoms with Gasteiger partial charge in [-0.1, -0.05) is 0 Å². The van der Waals surface area contributed by atoms with E-state index in [1.807, 2.05) is 0 Å². The molecule has 1 rings (SSSR count). The summed E-state index contributed by atoms with van der Waals surface area (Å²) in [5.74, 6) is -1.31. The van der Waals surface area contributed by atoms with E-state index >= 15 is 0 Å². The lowest BCUT2D eigenvalue weighted by molar-refractivity contribution is -0.137. The molecule has 0 saturated carbocycles. The van der Waals surface area contributed by atoms with Crippen LogP contribution in [-0.4, -0.2) is 79.3 Å². The Morgan fingerprint density at radius 2 is 2.10 bits per heavy atom. The summed E-state index contributed by atoms with van der Waals surface area (Å²) in [7, 11) is 3.01. The number of carboxylic acid groups (broad SMARTS) is 1. The molecule has 1 saturated heterocycles. The van der Waals surface area contributed by atoms with Gasteiger partial charge in [0.1, 0.15) is 12.6 Å². The number of hydrogen-bond acceptors (Lipinski definition) is 4. The van der Waals surface area contributed by atoms with Crippen LogP contribution < -0.4 is 5.32 Å². The molecule has 1 unspecified atom stereocenters. The predicted octanol–water partition coefficient (Wildman–Crippen LogP) is -0.260. The summed E-state index contributed by atoms with van der Waals surface area (Å²) >= 11 is 0. The average molecular weight is 301 g/mol. The molecular weight excluding hydrogens is 278 g/mol. The first-order valence-corrected chi connectivity index (χ1v) is 6.99. The summed E-state index contributed by atoms with van der Waals surface area (Å²) in [6.45, 7) is 0.481. The van der Waals surface area contributed by atoms with E-state index < -0.39 is 24.6 Å². The number of nitrogens with one attached hydrogen (secondary N) is 1. The number of likely N-dealkylation sites (N-methyl/N-ethyl adjacent to an activating group) is 1. The van der Waals surface area contributed by atoms with E-state index in [2.05, 4.69) is 5.32 Å². The molecule has 8 heteroatoms. The zero-order valence-corrected chi connectivity index (χ0v) is 12.5. The largest absolute Gasteiger partial charge is 0.480 e. The van der Waals surface area contributed by atoms with Crippen molar-refractivity contribution >= 4 is 17.9 Å². The van der Waals surface area contributed by atoms with Crippen molar-refractivity contribution in [1.29, 1.82) is 0 Å². The van der Waals surface area contributed by atoms with E-state index in [-0.39, 0.29) is 19.1 Å². The van der Waals surface area contributed by atoms with Gasteiger partial charge >= 0.3 is 12.0 Å². The third-order valence-electron chi connectivity index (χ3n) is 3.46. The van der Waals surface area contributed by atoms with Crippen LogP contribution in [0.15, 0.2) is 0 Å². The van der Waals surface area contributed by atoms with Gasteiger partial charge in [0.05, 0.1) is 6.61 Å². The van der Waals surface area contributed by atoms with E-state index in [1.54, 1.807) is 0 Å². The molecule has 1 atom stereocenters. The van der Waals surface area contributed by atoms with Gasteiger partial charge in [0.15, 0.2) is 0 Å². The molecule has 1 fully saturated rings. The second kappa shape index (κ2) is 8.46. The fraction of sp³-hybridized carbons (Fsp3) is 0.769. The van der Waals surface area contributed by atoms with Crippen LogP contribution in [0.3, 0.4) is 0 Å². The number of aliphatic carboxylic acids is 1. The molecule has 0 bridgehead atoms. The maximum Gasteiger partial charge on any atom is 0.323 e. The van der Waals surface area contributed by atoms with Gasteiger partial charge in [-0.2, -0.15) is 0 Å². The van der Waals surface area contributed by atoms with Gasteiger partial charge in [0, 0.05) is 27.2 Å². The summed E-state index contributed by atoms with van der Waals surface area (Å²) < 4.78 is 4.90. The van der Waals surface area contributed by atoms with E-state index in [4.69, 9.17) is 9.84 Å². The highest BCUT2D eigenvalue weighted by Crippen LogP contribution is 2.19. The minimum Gasteiger partial charge on any atom is -0.480 e. The third kappa shape index (κ3) is 4.89. The molecule has 2 N–H and O–H groups in total. The van der Waals surface area contributed by atoms with Crippen LogP contribution in [0.5, 0.6) is 0 Å². The number of carboxylic acids is 1. The molecule has 3 amide bonds. The fourth-order valence-corrected chi connectivity index (χ4v) is 2.39. The lowest BCUT2D eigenvalue weighted by Gasteiger charge is -2.37. The minimum absolute atomic E-state index is 0.179. The molecular formula is C13H23N3O5. The highest BCUT2D eigenvalue weighted by Gasteiger charge is 2.34. The van der Waals surface area contributed by atoms with Gasteiger partial charge in [-0.05, 0) is 19.3 Å². The molecule has 0 spiro atoms. The smallest absolute Gasteiger partial charge is 0.323 e. The zero-order valence-electron chi connectivity index (χ0n) is 12.5. The maximum absolute atomic E-state index is 12.5. The highest BCUT2D eigenvalue weighted by atomic mass is 16.5. The Balaban J connectivity index is 2.82. The molecule has 0 radical (unpaired) electrons. The molecule has 1 aliphatic rings. The summed E-state index contributed by atoms with van der Waals surface area (Å²) in [5, 5.41) is 11.5. The van der Waals surface area contributed by atoms with Crippen LogP contribution in [0.1, 0.15) is 19.3 Å². The molecule has 0 aromatic heterocycles.